The highest BCUT2D eigenvalue weighted by molar-refractivity contribution is 6.35. The number of rotatable bonds is 2. The Hall–Kier alpha value is -0.480. The Bertz CT molecular complexity index is 362. The van der Waals surface area contributed by atoms with Crippen LogP contribution < -0.4 is 4.74 Å². The number of halogens is 2. The zero-order chi connectivity index (χ0) is 10.8. The van der Waals surface area contributed by atoms with Gasteiger partial charge in [0, 0.05) is 5.02 Å². The number of ether oxygens (including phenoxy) is 3. The first-order valence-electron chi connectivity index (χ1n) is 4.48. The van der Waals surface area contributed by atoms with Crippen LogP contribution >= 0.6 is 23.2 Å². The van der Waals surface area contributed by atoms with E-state index < -0.39 is 6.29 Å². The lowest BCUT2D eigenvalue weighted by Crippen LogP contribution is -2.01. The van der Waals surface area contributed by atoms with Crippen molar-refractivity contribution < 1.29 is 14.2 Å². The normalized spacial score (nSPS) is 17.0. The predicted molar refractivity (Wildman–Crippen MR) is 57.7 cm³/mol. The van der Waals surface area contributed by atoms with Crippen molar-refractivity contribution in [3.05, 3.63) is 27.7 Å². The molecule has 1 aromatic rings. The van der Waals surface area contributed by atoms with Gasteiger partial charge in [-0.1, -0.05) is 23.2 Å². The van der Waals surface area contributed by atoms with Crippen molar-refractivity contribution in [2.45, 2.75) is 6.29 Å². The smallest absolute Gasteiger partial charge is 0.187 e. The fourth-order valence-electron chi connectivity index (χ4n) is 1.51. The molecule has 0 N–H and O–H groups in total. The molecule has 1 saturated heterocycles. The van der Waals surface area contributed by atoms with E-state index >= 15 is 0 Å². The Kier molecular flexibility index (Phi) is 3.36. The van der Waals surface area contributed by atoms with Gasteiger partial charge in [-0.3, -0.25) is 0 Å². The van der Waals surface area contributed by atoms with E-state index in [0.29, 0.717) is 29.0 Å². The van der Waals surface area contributed by atoms with E-state index in [4.69, 9.17) is 37.4 Å². The first-order valence-corrected chi connectivity index (χ1v) is 5.24. The number of methoxy groups -OCH3 is 1. The molecule has 1 fully saturated rings. The molecule has 3 nitrogen and oxygen atoms in total. The van der Waals surface area contributed by atoms with Gasteiger partial charge in [0.05, 0.1) is 30.9 Å². The highest BCUT2D eigenvalue weighted by Gasteiger charge is 2.24. The molecule has 2 rings (SSSR count). The van der Waals surface area contributed by atoms with Crippen molar-refractivity contribution in [3.63, 3.8) is 0 Å². The van der Waals surface area contributed by atoms with Crippen molar-refractivity contribution in [3.8, 4) is 5.75 Å². The summed E-state index contributed by atoms with van der Waals surface area (Å²) in [5, 5.41) is 0.994. The minimum absolute atomic E-state index is 0.434. The van der Waals surface area contributed by atoms with Gasteiger partial charge in [0.25, 0.3) is 0 Å². The SMILES string of the molecule is COc1c(Cl)cc(Cl)cc1C1OCCO1. The molecule has 0 saturated carbocycles. The first-order chi connectivity index (χ1) is 7.22. The summed E-state index contributed by atoms with van der Waals surface area (Å²) >= 11 is 11.9. The maximum Gasteiger partial charge on any atom is 0.187 e. The van der Waals surface area contributed by atoms with Gasteiger partial charge in [0.1, 0.15) is 5.75 Å². The van der Waals surface area contributed by atoms with Crippen molar-refractivity contribution in [2.75, 3.05) is 20.3 Å². The summed E-state index contributed by atoms with van der Waals surface area (Å²) in [5.41, 5.74) is 0.729. The summed E-state index contributed by atoms with van der Waals surface area (Å²) in [6.45, 7) is 1.13. The fourth-order valence-corrected chi connectivity index (χ4v) is 2.09. The molecular weight excluding hydrogens is 239 g/mol. The Morgan fingerprint density at radius 3 is 2.53 bits per heavy atom. The lowest BCUT2D eigenvalue weighted by atomic mass is 10.2. The lowest BCUT2D eigenvalue weighted by molar-refractivity contribution is -0.0454. The molecule has 82 valence electrons. The maximum absolute atomic E-state index is 5.99. The molecule has 1 aliphatic rings. The summed E-state index contributed by atoms with van der Waals surface area (Å²) in [6, 6.07) is 3.36. The Labute approximate surface area is 97.8 Å². The lowest BCUT2D eigenvalue weighted by Gasteiger charge is -2.15. The van der Waals surface area contributed by atoms with E-state index in [9.17, 15) is 0 Å². The standard InChI is InChI=1S/C10H10Cl2O3/c1-13-9-7(10-14-2-3-15-10)4-6(11)5-8(9)12/h4-5,10H,2-3H2,1H3. The third-order valence-electron chi connectivity index (χ3n) is 2.12. The third kappa shape index (κ3) is 2.21. The fraction of sp³-hybridized carbons (Fsp3) is 0.400. The van der Waals surface area contributed by atoms with E-state index in [-0.39, 0.29) is 0 Å². The van der Waals surface area contributed by atoms with Crippen LogP contribution in [0.3, 0.4) is 0 Å². The van der Waals surface area contributed by atoms with Crippen molar-refractivity contribution in [1.29, 1.82) is 0 Å². The minimum Gasteiger partial charge on any atom is -0.495 e. The molecule has 0 aliphatic carbocycles. The number of hydrogen-bond acceptors (Lipinski definition) is 3. The Morgan fingerprint density at radius 1 is 1.27 bits per heavy atom. The highest BCUT2D eigenvalue weighted by Crippen LogP contribution is 2.38. The molecule has 0 aromatic heterocycles. The molecule has 1 heterocycles. The van der Waals surface area contributed by atoms with Gasteiger partial charge in [-0.05, 0) is 12.1 Å². The summed E-state index contributed by atoms with van der Waals surface area (Å²) in [4.78, 5) is 0. The van der Waals surface area contributed by atoms with Gasteiger partial charge >= 0.3 is 0 Å². The molecule has 0 spiro atoms. The van der Waals surface area contributed by atoms with Crippen LogP contribution in [0.5, 0.6) is 5.75 Å². The zero-order valence-electron chi connectivity index (χ0n) is 8.13. The zero-order valence-corrected chi connectivity index (χ0v) is 9.64. The second kappa shape index (κ2) is 4.58. The van der Waals surface area contributed by atoms with Gasteiger partial charge in [0.2, 0.25) is 0 Å². The van der Waals surface area contributed by atoms with Crippen LogP contribution in [0.15, 0.2) is 12.1 Å². The van der Waals surface area contributed by atoms with E-state index in [1.165, 1.54) is 0 Å². The van der Waals surface area contributed by atoms with E-state index in [0.717, 1.165) is 5.56 Å². The molecule has 0 amide bonds. The van der Waals surface area contributed by atoms with Crippen molar-refractivity contribution >= 4 is 23.2 Å². The Balaban J connectivity index is 2.42. The molecule has 0 atom stereocenters. The van der Waals surface area contributed by atoms with Crippen LogP contribution in [0.25, 0.3) is 0 Å². The van der Waals surface area contributed by atoms with E-state index in [1.807, 2.05) is 0 Å². The largest absolute Gasteiger partial charge is 0.495 e. The highest BCUT2D eigenvalue weighted by atomic mass is 35.5. The summed E-state index contributed by atoms with van der Waals surface area (Å²) in [5.74, 6) is 0.549. The summed E-state index contributed by atoms with van der Waals surface area (Å²) in [7, 11) is 1.55. The maximum atomic E-state index is 5.99. The average molecular weight is 249 g/mol. The third-order valence-corrected chi connectivity index (χ3v) is 2.62. The van der Waals surface area contributed by atoms with Crippen molar-refractivity contribution in [2.24, 2.45) is 0 Å². The Morgan fingerprint density at radius 2 is 1.93 bits per heavy atom. The predicted octanol–water partition coefficient (Wildman–Crippen LogP) is 3.05. The summed E-state index contributed by atoms with van der Waals surface area (Å²) in [6.07, 6.45) is -0.434. The average Bonchev–Trinajstić information content (AvgIpc) is 2.69. The van der Waals surface area contributed by atoms with Gasteiger partial charge in [-0.15, -0.1) is 0 Å². The monoisotopic (exact) mass is 248 g/mol. The van der Waals surface area contributed by atoms with Crippen LogP contribution in [0.1, 0.15) is 11.9 Å². The molecule has 0 unspecified atom stereocenters. The number of hydrogen-bond donors (Lipinski definition) is 0. The van der Waals surface area contributed by atoms with Crippen LogP contribution in [0, 0.1) is 0 Å². The molecule has 0 bridgehead atoms. The molecule has 0 radical (unpaired) electrons. The van der Waals surface area contributed by atoms with E-state index in [1.54, 1.807) is 19.2 Å². The van der Waals surface area contributed by atoms with Crippen LogP contribution in [0.4, 0.5) is 0 Å². The van der Waals surface area contributed by atoms with Gasteiger partial charge < -0.3 is 14.2 Å². The van der Waals surface area contributed by atoms with Crippen LogP contribution in [0.2, 0.25) is 10.0 Å². The minimum atomic E-state index is -0.434. The number of benzene rings is 1. The second-order valence-electron chi connectivity index (χ2n) is 3.08. The second-order valence-corrected chi connectivity index (χ2v) is 3.93. The quantitative estimate of drug-likeness (QED) is 0.806. The first kappa shape index (κ1) is 11.0. The molecule has 1 aromatic carbocycles. The van der Waals surface area contributed by atoms with Crippen molar-refractivity contribution in [1.82, 2.24) is 0 Å². The molecule has 1 aliphatic heterocycles. The van der Waals surface area contributed by atoms with Gasteiger partial charge in [-0.25, -0.2) is 0 Å². The molecule has 5 heteroatoms. The van der Waals surface area contributed by atoms with Crippen LogP contribution in [-0.2, 0) is 9.47 Å². The van der Waals surface area contributed by atoms with Crippen LogP contribution in [-0.4, -0.2) is 20.3 Å². The summed E-state index contributed by atoms with van der Waals surface area (Å²) < 4.78 is 15.9. The van der Waals surface area contributed by atoms with Gasteiger partial charge in [-0.2, -0.15) is 0 Å². The van der Waals surface area contributed by atoms with E-state index in [2.05, 4.69) is 0 Å². The van der Waals surface area contributed by atoms with Gasteiger partial charge in [0.15, 0.2) is 6.29 Å². The molecule has 15 heavy (non-hydrogen) atoms. The molecular formula is C10H10Cl2O3. The topological polar surface area (TPSA) is 27.7 Å².